The van der Waals surface area contributed by atoms with E-state index in [1.54, 1.807) is 24.1 Å². The maximum absolute atomic E-state index is 12.1. The van der Waals surface area contributed by atoms with Gasteiger partial charge < -0.3 is 4.90 Å². The van der Waals surface area contributed by atoms with Gasteiger partial charge in [-0.2, -0.15) is 0 Å². The summed E-state index contributed by atoms with van der Waals surface area (Å²) in [5.74, 6) is -0.232. The minimum atomic E-state index is -0.232. The van der Waals surface area contributed by atoms with E-state index in [2.05, 4.69) is 9.97 Å². The van der Waals surface area contributed by atoms with Crippen molar-refractivity contribution >= 4 is 29.1 Å². The summed E-state index contributed by atoms with van der Waals surface area (Å²) in [5, 5.41) is 0.865. The number of hydrogen-bond donors (Lipinski definition) is 0. The molecule has 2 rings (SSSR count). The van der Waals surface area contributed by atoms with E-state index in [0.29, 0.717) is 11.6 Å². The van der Waals surface area contributed by atoms with Crippen LogP contribution in [0.4, 0.5) is 0 Å². The standard InChI is InChI=1S/C13H11Cl2N3O/c1-18(8-9-2-4-10(14)5-3-9)13(19)11-6-16-7-12(15)17-11/h2-7H,8H2,1H3. The Hall–Kier alpha value is -1.65. The Bertz CT molecular complexity index is 587. The van der Waals surface area contributed by atoms with Gasteiger partial charge in [-0.15, -0.1) is 0 Å². The number of halogens is 2. The van der Waals surface area contributed by atoms with Gasteiger partial charge in [0.15, 0.2) is 0 Å². The average Bonchev–Trinajstić information content (AvgIpc) is 2.40. The molecule has 0 aliphatic heterocycles. The van der Waals surface area contributed by atoms with Gasteiger partial charge in [-0.25, -0.2) is 4.98 Å². The highest BCUT2D eigenvalue weighted by Crippen LogP contribution is 2.12. The van der Waals surface area contributed by atoms with Crippen molar-refractivity contribution < 1.29 is 4.79 Å². The van der Waals surface area contributed by atoms with E-state index in [0.717, 1.165) is 5.56 Å². The summed E-state index contributed by atoms with van der Waals surface area (Å²) in [5.41, 5.74) is 1.21. The molecule has 0 aliphatic rings. The molecule has 0 N–H and O–H groups in total. The van der Waals surface area contributed by atoms with Gasteiger partial charge in [0.2, 0.25) is 0 Å². The second-order valence-electron chi connectivity index (χ2n) is 4.01. The molecule has 0 fully saturated rings. The fourth-order valence-electron chi connectivity index (χ4n) is 1.58. The quantitative estimate of drug-likeness (QED) is 0.874. The normalized spacial score (nSPS) is 10.3. The molecular weight excluding hydrogens is 285 g/mol. The minimum absolute atomic E-state index is 0.200. The second-order valence-corrected chi connectivity index (χ2v) is 4.84. The van der Waals surface area contributed by atoms with Crippen LogP contribution in [0.3, 0.4) is 0 Å². The van der Waals surface area contributed by atoms with Gasteiger partial charge >= 0.3 is 0 Å². The predicted octanol–water partition coefficient (Wildman–Crippen LogP) is 3.06. The van der Waals surface area contributed by atoms with E-state index in [1.165, 1.54) is 12.4 Å². The smallest absolute Gasteiger partial charge is 0.274 e. The van der Waals surface area contributed by atoms with Crippen LogP contribution in [-0.4, -0.2) is 27.8 Å². The van der Waals surface area contributed by atoms with E-state index < -0.39 is 0 Å². The molecular formula is C13H11Cl2N3O. The van der Waals surface area contributed by atoms with Crippen LogP contribution in [0.5, 0.6) is 0 Å². The molecule has 4 nitrogen and oxygen atoms in total. The van der Waals surface area contributed by atoms with E-state index >= 15 is 0 Å². The van der Waals surface area contributed by atoms with Crippen molar-refractivity contribution in [3.63, 3.8) is 0 Å². The first-order valence-electron chi connectivity index (χ1n) is 5.54. The molecule has 1 amide bonds. The van der Waals surface area contributed by atoms with Crippen LogP contribution in [0.15, 0.2) is 36.7 Å². The van der Waals surface area contributed by atoms with Crippen LogP contribution < -0.4 is 0 Å². The number of amides is 1. The van der Waals surface area contributed by atoms with E-state index in [9.17, 15) is 4.79 Å². The summed E-state index contributed by atoms with van der Waals surface area (Å²) in [6.45, 7) is 0.462. The molecule has 0 atom stereocenters. The van der Waals surface area contributed by atoms with Gasteiger partial charge in [0.25, 0.3) is 5.91 Å². The monoisotopic (exact) mass is 295 g/mol. The molecule has 0 bridgehead atoms. The molecule has 0 saturated carbocycles. The Morgan fingerprint density at radius 1 is 1.21 bits per heavy atom. The van der Waals surface area contributed by atoms with Crippen LogP contribution in [0.2, 0.25) is 10.2 Å². The molecule has 2 aromatic rings. The number of aromatic nitrogens is 2. The lowest BCUT2D eigenvalue weighted by atomic mass is 10.2. The molecule has 19 heavy (non-hydrogen) atoms. The maximum Gasteiger partial charge on any atom is 0.274 e. The highest BCUT2D eigenvalue weighted by Gasteiger charge is 2.14. The average molecular weight is 296 g/mol. The predicted molar refractivity (Wildman–Crippen MR) is 74.3 cm³/mol. The lowest BCUT2D eigenvalue weighted by Crippen LogP contribution is -2.27. The van der Waals surface area contributed by atoms with Gasteiger partial charge in [-0.05, 0) is 17.7 Å². The summed E-state index contributed by atoms with van der Waals surface area (Å²) in [6.07, 6.45) is 2.78. The molecule has 0 aliphatic carbocycles. The Morgan fingerprint density at radius 3 is 2.53 bits per heavy atom. The molecule has 1 aromatic carbocycles. The van der Waals surface area contributed by atoms with E-state index in [4.69, 9.17) is 23.2 Å². The first-order valence-corrected chi connectivity index (χ1v) is 6.29. The summed E-state index contributed by atoms with van der Waals surface area (Å²) in [4.78, 5) is 21.4. The van der Waals surface area contributed by atoms with Crippen molar-refractivity contribution in [2.24, 2.45) is 0 Å². The van der Waals surface area contributed by atoms with Crippen molar-refractivity contribution in [2.75, 3.05) is 7.05 Å². The van der Waals surface area contributed by atoms with Gasteiger partial charge in [-0.1, -0.05) is 35.3 Å². The van der Waals surface area contributed by atoms with Gasteiger partial charge in [0.1, 0.15) is 10.8 Å². The first kappa shape index (κ1) is 13.8. The Balaban J connectivity index is 2.09. The number of rotatable bonds is 3. The number of carbonyl (C=O) groups excluding carboxylic acids is 1. The van der Waals surface area contributed by atoms with Crippen LogP contribution in [0, 0.1) is 0 Å². The SMILES string of the molecule is CN(Cc1ccc(Cl)cc1)C(=O)c1cncc(Cl)n1. The van der Waals surface area contributed by atoms with Crippen molar-refractivity contribution in [2.45, 2.75) is 6.54 Å². The van der Waals surface area contributed by atoms with Crippen LogP contribution in [0.25, 0.3) is 0 Å². The van der Waals surface area contributed by atoms with Crippen molar-refractivity contribution in [3.8, 4) is 0 Å². The lowest BCUT2D eigenvalue weighted by molar-refractivity contribution is 0.0779. The number of benzene rings is 1. The largest absolute Gasteiger partial charge is 0.336 e. The van der Waals surface area contributed by atoms with E-state index in [1.807, 2.05) is 12.1 Å². The molecule has 1 aromatic heterocycles. The third-order valence-electron chi connectivity index (χ3n) is 2.50. The molecule has 1 heterocycles. The Morgan fingerprint density at radius 2 is 1.89 bits per heavy atom. The number of nitrogens with zero attached hydrogens (tertiary/aromatic N) is 3. The number of hydrogen-bond acceptors (Lipinski definition) is 3. The summed E-state index contributed by atoms with van der Waals surface area (Å²) >= 11 is 11.5. The van der Waals surface area contributed by atoms with Crippen molar-refractivity contribution in [1.29, 1.82) is 0 Å². The molecule has 98 valence electrons. The lowest BCUT2D eigenvalue weighted by Gasteiger charge is -2.16. The Labute approximate surface area is 121 Å². The molecule has 0 radical (unpaired) electrons. The first-order chi connectivity index (χ1) is 9.06. The minimum Gasteiger partial charge on any atom is -0.336 e. The van der Waals surface area contributed by atoms with Crippen molar-refractivity contribution in [1.82, 2.24) is 14.9 Å². The highest BCUT2D eigenvalue weighted by molar-refractivity contribution is 6.30. The summed E-state index contributed by atoms with van der Waals surface area (Å²) in [7, 11) is 1.69. The Kier molecular flexibility index (Phi) is 4.35. The molecule has 0 spiro atoms. The fourth-order valence-corrected chi connectivity index (χ4v) is 1.85. The van der Waals surface area contributed by atoms with Gasteiger partial charge in [0.05, 0.1) is 12.4 Å². The van der Waals surface area contributed by atoms with Gasteiger partial charge in [0, 0.05) is 18.6 Å². The van der Waals surface area contributed by atoms with Crippen molar-refractivity contribution in [3.05, 3.63) is 58.1 Å². The summed E-state index contributed by atoms with van der Waals surface area (Å²) < 4.78 is 0. The molecule has 6 heteroatoms. The van der Waals surface area contributed by atoms with Crippen LogP contribution in [-0.2, 0) is 6.54 Å². The van der Waals surface area contributed by atoms with E-state index in [-0.39, 0.29) is 16.8 Å². The van der Waals surface area contributed by atoms with Gasteiger partial charge in [-0.3, -0.25) is 9.78 Å². The molecule has 0 saturated heterocycles. The number of carbonyl (C=O) groups is 1. The zero-order valence-corrected chi connectivity index (χ0v) is 11.7. The highest BCUT2D eigenvalue weighted by atomic mass is 35.5. The van der Waals surface area contributed by atoms with Crippen LogP contribution in [0.1, 0.15) is 16.1 Å². The maximum atomic E-state index is 12.1. The second kappa shape index (κ2) is 5.99. The zero-order chi connectivity index (χ0) is 13.8. The fraction of sp³-hybridized carbons (Fsp3) is 0.154. The third-order valence-corrected chi connectivity index (χ3v) is 2.94. The third kappa shape index (κ3) is 3.66. The topological polar surface area (TPSA) is 46.1 Å². The van der Waals surface area contributed by atoms with Crippen LogP contribution >= 0.6 is 23.2 Å². The molecule has 0 unspecified atom stereocenters. The summed E-state index contributed by atoms with van der Waals surface area (Å²) in [6, 6.07) is 7.31. The zero-order valence-electron chi connectivity index (χ0n) is 10.2.